The van der Waals surface area contributed by atoms with Gasteiger partial charge in [-0.3, -0.25) is 9.59 Å². The van der Waals surface area contributed by atoms with E-state index in [1.807, 2.05) is 24.3 Å². The van der Waals surface area contributed by atoms with Crippen molar-refractivity contribution in [3.8, 4) is 5.75 Å². The highest BCUT2D eigenvalue weighted by Gasteiger charge is 2.43. The monoisotopic (exact) mass is 347 g/mol. The minimum atomic E-state index is -0.872. The SMILES string of the molecule is COc1cccc(CN(CC2CCCO2)C(=O)C2CCC2C(=O)O)c1. The van der Waals surface area contributed by atoms with Crippen LogP contribution < -0.4 is 4.74 Å². The summed E-state index contributed by atoms with van der Waals surface area (Å²) in [5.41, 5.74) is 0.969. The Morgan fingerprint density at radius 2 is 2.08 bits per heavy atom. The third-order valence-corrected chi connectivity index (χ3v) is 5.18. The quantitative estimate of drug-likeness (QED) is 0.819. The van der Waals surface area contributed by atoms with E-state index < -0.39 is 17.8 Å². The van der Waals surface area contributed by atoms with Gasteiger partial charge in [0.05, 0.1) is 25.0 Å². The molecule has 25 heavy (non-hydrogen) atoms. The number of carboxylic acid groups (broad SMARTS) is 1. The number of ether oxygens (including phenoxy) is 2. The van der Waals surface area contributed by atoms with Crippen molar-refractivity contribution in [2.75, 3.05) is 20.3 Å². The summed E-state index contributed by atoms with van der Waals surface area (Å²) < 4.78 is 10.9. The van der Waals surface area contributed by atoms with E-state index >= 15 is 0 Å². The average molecular weight is 347 g/mol. The zero-order valence-electron chi connectivity index (χ0n) is 14.5. The fourth-order valence-corrected chi connectivity index (χ4v) is 3.58. The lowest BCUT2D eigenvalue weighted by Gasteiger charge is -2.37. The summed E-state index contributed by atoms with van der Waals surface area (Å²) in [6, 6.07) is 7.62. The Morgan fingerprint density at radius 3 is 2.68 bits per heavy atom. The molecule has 1 saturated heterocycles. The lowest BCUT2D eigenvalue weighted by Crippen LogP contribution is -2.47. The van der Waals surface area contributed by atoms with Crippen molar-refractivity contribution >= 4 is 11.9 Å². The zero-order valence-corrected chi connectivity index (χ0v) is 14.5. The molecule has 1 heterocycles. The van der Waals surface area contributed by atoms with Crippen LogP contribution in [0.25, 0.3) is 0 Å². The molecule has 2 aliphatic rings. The van der Waals surface area contributed by atoms with Gasteiger partial charge in [-0.25, -0.2) is 0 Å². The first kappa shape index (κ1) is 17.7. The Kier molecular flexibility index (Phi) is 5.58. The molecule has 1 aliphatic carbocycles. The number of hydrogen-bond donors (Lipinski definition) is 1. The van der Waals surface area contributed by atoms with Gasteiger partial charge < -0.3 is 19.5 Å². The number of rotatable bonds is 7. The van der Waals surface area contributed by atoms with Crippen molar-refractivity contribution in [3.05, 3.63) is 29.8 Å². The maximum Gasteiger partial charge on any atom is 0.307 e. The van der Waals surface area contributed by atoms with E-state index in [4.69, 9.17) is 9.47 Å². The predicted octanol–water partition coefficient (Wildman–Crippen LogP) is 2.31. The number of carbonyl (C=O) groups excluding carboxylic acids is 1. The van der Waals surface area contributed by atoms with E-state index in [0.717, 1.165) is 30.8 Å². The standard InChI is InChI=1S/C19H25NO5/c1-24-14-5-2-4-13(10-14)11-20(12-15-6-3-9-25-15)18(21)16-7-8-17(16)19(22)23/h2,4-5,10,15-17H,3,6-9,11-12H2,1H3,(H,22,23). The first-order valence-corrected chi connectivity index (χ1v) is 8.84. The molecule has 1 amide bonds. The first-order chi connectivity index (χ1) is 12.1. The van der Waals surface area contributed by atoms with Gasteiger partial charge in [-0.2, -0.15) is 0 Å². The van der Waals surface area contributed by atoms with Gasteiger partial charge in [0.15, 0.2) is 0 Å². The van der Waals surface area contributed by atoms with Gasteiger partial charge in [0.2, 0.25) is 5.91 Å². The molecule has 136 valence electrons. The molecule has 1 saturated carbocycles. The number of carboxylic acids is 1. The number of carbonyl (C=O) groups is 2. The van der Waals surface area contributed by atoms with E-state index in [2.05, 4.69) is 0 Å². The average Bonchev–Trinajstić information content (AvgIpc) is 3.06. The topological polar surface area (TPSA) is 76.1 Å². The third-order valence-electron chi connectivity index (χ3n) is 5.18. The Bertz CT molecular complexity index is 626. The summed E-state index contributed by atoms with van der Waals surface area (Å²) in [6.45, 7) is 1.69. The molecule has 0 bridgehead atoms. The van der Waals surface area contributed by atoms with Gasteiger partial charge in [0.25, 0.3) is 0 Å². The highest BCUT2D eigenvalue weighted by atomic mass is 16.5. The van der Waals surface area contributed by atoms with Crippen LogP contribution in [0.2, 0.25) is 0 Å². The summed E-state index contributed by atoms with van der Waals surface area (Å²) in [6.07, 6.45) is 3.22. The maximum atomic E-state index is 13.0. The minimum Gasteiger partial charge on any atom is -0.497 e. The molecule has 1 aromatic rings. The van der Waals surface area contributed by atoms with E-state index in [1.54, 1.807) is 12.0 Å². The normalized spacial score (nSPS) is 25.2. The van der Waals surface area contributed by atoms with Crippen LogP contribution in [0.3, 0.4) is 0 Å². The Labute approximate surface area is 147 Å². The molecular formula is C19H25NO5. The molecule has 1 N–H and O–H groups in total. The first-order valence-electron chi connectivity index (χ1n) is 8.84. The van der Waals surface area contributed by atoms with Crippen LogP contribution in [0, 0.1) is 11.8 Å². The van der Waals surface area contributed by atoms with Crippen molar-refractivity contribution in [2.45, 2.75) is 38.3 Å². The number of aliphatic carboxylic acids is 1. The Balaban J connectivity index is 1.74. The summed E-state index contributed by atoms with van der Waals surface area (Å²) in [5, 5.41) is 9.26. The largest absolute Gasteiger partial charge is 0.497 e. The van der Waals surface area contributed by atoms with Gasteiger partial charge in [-0.15, -0.1) is 0 Å². The molecule has 3 unspecified atom stereocenters. The molecule has 2 fully saturated rings. The maximum absolute atomic E-state index is 13.0. The molecule has 6 heteroatoms. The second-order valence-corrected chi connectivity index (χ2v) is 6.83. The highest BCUT2D eigenvalue weighted by molar-refractivity contribution is 5.86. The Morgan fingerprint density at radius 1 is 1.28 bits per heavy atom. The van der Waals surface area contributed by atoms with E-state index in [0.29, 0.717) is 25.9 Å². The minimum absolute atomic E-state index is 0.0397. The molecule has 6 nitrogen and oxygen atoms in total. The van der Waals surface area contributed by atoms with Crippen LogP contribution in [-0.2, 0) is 20.9 Å². The predicted molar refractivity (Wildman–Crippen MR) is 91.2 cm³/mol. The van der Waals surface area contributed by atoms with E-state index in [9.17, 15) is 14.7 Å². The molecule has 1 aliphatic heterocycles. The summed E-state index contributed by atoms with van der Waals surface area (Å²) >= 11 is 0. The van der Waals surface area contributed by atoms with Crippen LogP contribution in [0.15, 0.2) is 24.3 Å². The van der Waals surface area contributed by atoms with E-state index in [1.165, 1.54) is 0 Å². The van der Waals surface area contributed by atoms with E-state index in [-0.39, 0.29) is 12.0 Å². The molecule has 0 radical (unpaired) electrons. The molecule has 3 atom stereocenters. The number of amides is 1. The van der Waals surface area contributed by atoms with Crippen LogP contribution in [0.1, 0.15) is 31.2 Å². The van der Waals surface area contributed by atoms with Crippen molar-refractivity contribution in [2.24, 2.45) is 11.8 Å². The van der Waals surface area contributed by atoms with Crippen LogP contribution >= 0.6 is 0 Å². The number of nitrogens with zero attached hydrogens (tertiary/aromatic N) is 1. The van der Waals surface area contributed by atoms with Gasteiger partial charge >= 0.3 is 5.97 Å². The zero-order chi connectivity index (χ0) is 17.8. The molecule has 0 spiro atoms. The van der Waals surface area contributed by atoms with Crippen molar-refractivity contribution in [1.29, 1.82) is 0 Å². The Hall–Kier alpha value is -2.08. The fourth-order valence-electron chi connectivity index (χ4n) is 3.58. The molecular weight excluding hydrogens is 322 g/mol. The number of hydrogen-bond acceptors (Lipinski definition) is 4. The highest BCUT2D eigenvalue weighted by Crippen LogP contribution is 2.36. The molecule has 0 aromatic heterocycles. The second kappa shape index (κ2) is 7.87. The smallest absolute Gasteiger partial charge is 0.307 e. The lowest BCUT2D eigenvalue weighted by atomic mass is 9.73. The summed E-state index contributed by atoms with van der Waals surface area (Å²) in [4.78, 5) is 26.0. The van der Waals surface area contributed by atoms with Crippen LogP contribution in [0.4, 0.5) is 0 Å². The number of methoxy groups -OCH3 is 1. The molecule has 3 rings (SSSR count). The van der Waals surface area contributed by atoms with Gasteiger partial charge in [0, 0.05) is 19.7 Å². The third kappa shape index (κ3) is 4.12. The van der Waals surface area contributed by atoms with Crippen molar-refractivity contribution in [3.63, 3.8) is 0 Å². The van der Waals surface area contributed by atoms with Crippen molar-refractivity contribution in [1.82, 2.24) is 4.90 Å². The van der Waals surface area contributed by atoms with Gasteiger partial charge in [-0.1, -0.05) is 12.1 Å². The van der Waals surface area contributed by atoms with Crippen LogP contribution in [-0.4, -0.2) is 48.2 Å². The fraction of sp³-hybridized carbons (Fsp3) is 0.579. The molecule has 1 aromatic carbocycles. The summed E-state index contributed by atoms with van der Waals surface area (Å²) in [5.74, 6) is -1.16. The lowest BCUT2D eigenvalue weighted by molar-refractivity contribution is -0.157. The van der Waals surface area contributed by atoms with Crippen molar-refractivity contribution < 1.29 is 24.2 Å². The van der Waals surface area contributed by atoms with Gasteiger partial charge in [0.1, 0.15) is 5.75 Å². The van der Waals surface area contributed by atoms with Gasteiger partial charge in [-0.05, 0) is 43.4 Å². The second-order valence-electron chi connectivity index (χ2n) is 6.83. The number of benzene rings is 1. The van der Waals surface area contributed by atoms with Crippen LogP contribution in [0.5, 0.6) is 5.75 Å². The summed E-state index contributed by atoms with van der Waals surface area (Å²) in [7, 11) is 1.61.